The van der Waals surface area contributed by atoms with Crippen molar-refractivity contribution >= 4 is 33.2 Å². The van der Waals surface area contributed by atoms with Crippen LogP contribution in [0, 0.1) is 5.92 Å². The fourth-order valence-electron chi connectivity index (χ4n) is 1.14. The van der Waals surface area contributed by atoms with Gasteiger partial charge in [0.2, 0.25) is 0 Å². The van der Waals surface area contributed by atoms with Gasteiger partial charge in [0.15, 0.2) is 0 Å². The first-order chi connectivity index (χ1) is 7.13. The highest BCUT2D eigenvalue weighted by Crippen LogP contribution is 2.20. The van der Waals surface area contributed by atoms with Crippen LogP contribution in [-0.4, -0.2) is 26.2 Å². The quantitative estimate of drug-likeness (QED) is 0.905. The molecule has 0 saturated carbocycles. The first-order valence-corrected chi connectivity index (χ1v) is 6.32. The molecule has 1 atom stereocenters. The molecule has 0 aliphatic carbocycles. The lowest BCUT2D eigenvalue weighted by Gasteiger charge is -2.10. The number of hydrogen-bond donors (Lipinski definition) is 1. The number of thiophene rings is 1. The maximum absolute atomic E-state index is 11.6. The predicted molar refractivity (Wildman–Crippen MR) is 65.4 cm³/mol. The zero-order valence-corrected chi connectivity index (χ0v) is 11.2. The lowest BCUT2D eigenvalue weighted by atomic mass is 10.2. The van der Waals surface area contributed by atoms with E-state index in [1.807, 2.05) is 18.4 Å². The number of ether oxygens (including phenoxy) is 1. The Hall–Kier alpha value is -0.390. The van der Waals surface area contributed by atoms with Crippen LogP contribution in [0.4, 0.5) is 0 Å². The summed E-state index contributed by atoms with van der Waals surface area (Å²) in [4.78, 5) is 11.6. The Morgan fingerprint density at radius 2 is 2.47 bits per heavy atom. The van der Waals surface area contributed by atoms with Crippen molar-refractivity contribution in [2.75, 3.05) is 20.3 Å². The Morgan fingerprint density at radius 1 is 1.73 bits per heavy atom. The Kier molecular flexibility index (Phi) is 5.28. The molecule has 0 aliphatic heterocycles. The van der Waals surface area contributed by atoms with E-state index in [9.17, 15) is 4.79 Å². The zero-order chi connectivity index (χ0) is 11.3. The molecule has 0 radical (unpaired) electrons. The standard InChI is InChI=1S/C10H14BrNO2S/c1-7(5-14-2)4-12-10(13)8-3-9(11)15-6-8/h3,6-7H,4-5H2,1-2H3,(H,12,13). The van der Waals surface area contributed by atoms with Crippen LogP contribution in [-0.2, 0) is 4.74 Å². The SMILES string of the molecule is COCC(C)CNC(=O)c1csc(Br)c1. The highest BCUT2D eigenvalue weighted by atomic mass is 79.9. The van der Waals surface area contributed by atoms with Crippen molar-refractivity contribution in [3.05, 3.63) is 20.8 Å². The molecule has 1 aromatic rings. The molecule has 0 aliphatic rings. The van der Waals surface area contributed by atoms with Gasteiger partial charge in [-0.1, -0.05) is 6.92 Å². The summed E-state index contributed by atoms with van der Waals surface area (Å²) in [7, 11) is 1.66. The van der Waals surface area contributed by atoms with E-state index in [-0.39, 0.29) is 5.91 Å². The fourth-order valence-corrected chi connectivity index (χ4v) is 2.28. The van der Waals surface area contributed by atoms with Crippen LogP contribution in [0.5, 0.6) is 0 Å². The van der Waals surface area contributed by atoms with Crippen LogP contribution in [0.3, 0.4) is 0 Å². The van der Waals surface area contributed by atoms with Gasteiger partial charge in [-0.25, -0.2) is 0 Å². The second-order valence-electron chi connectivity index (χ2n) is 3.41. The van der Waals surface area contributed by atoms with Crippen LogP contribution in [0.25, 0.3) is 0 Å². The molecule has 1 unspecified atom stereocenters. The van der Waals surface area contributed by atoms with Crippen molar-refractivity contribution in [2.45, 2.75) is 6.92 Å². The van der Waals surface area contributed by atoms with Gasteiger partial charge >= 0.3 is 0 Å². The van der Waals surface area contributed by atoms with Crippen molar-refractivity contribution in [3.63, 3.8) is 0 Å². The van der Waals surface area contributed by atoms with Crippen molar-refractivity contribution in [1.82, 2.24) is 5.32 Å². The summed E-state index contributed by atoms with van der Waals surface area (Å²) in [5.41, 5.74) is 0.705. The predicted octanol–water partition coefficient (Wildman–Crippen LogP) is 2.52. The van der Waals surface area contributed by atoms with Crippen molar-refractivity contribution < 1.29 is 9.53 Å². The Bertz CT molecular complexity index is 327. The highest BCUT2D eigenvalue weighted by molar-refractivity contribution is 9.11. The average molecular weight is 292 g/mol. The summed E-state index contributed by atoms with van der Waals surface area (Å²) in [5.74, 6) is 0.306. The van der Waals surface area contributed by atoms with E-state index in [0.717, 1.165) is 3.79 Å². The molecule has 0 aromatic carbocycles. The van der Waals surface area contributed by atoms with E-state index >= 15 is 0 Å². The topological polar surface area (TPSA) is 38.3 Å². The van der Waals surface area contributed by atoms with Crippen LogP contribution < -0.4 is 5.32 Å². The first kappa shape index (κ1) is 12.7. The third kappa shape index (κ3) is 4.32. The molecular weight excluding hydrogens is 278 g/mol. The molecule has 1 heterocycles. The second-order valence-corrected chi connectivity index (χ2v) is 5.70. The minimum Gasteiger partial charge on any atom is -0.384 e. The molecule has 0 saturated heterocycles. The van der Waals surface area contributed by atoms with Crippen LogP contribution >= 0.6 is 27.3 Å². The molecule has 1 rings (SSSR count). The fraction of sp³-hybridized carbons (Fsp3) is 0.500. The van der Waals surface area contributed by atoms with Crippen LogP contribution in [0.2, 0.25) is 0 Å². The molecule has 1 N–H and O–H groups in total. The normalized spacial score (nSPS) is 12.5. The number of carbonyl (C=O) groups is 1. The molecule has 5 heteroatoms. The Balaban J connectivity index is 2.36. The first-order valence-electron chi connectivity index (χ1n) is 4.64. The van der Waals surface area contributed by atoms with E-state index in [4.69, 9.17) is 4.74 Å². The van der Waals surface area contributed by atoms with Gasteiger partial charge < -0.3 is 10.1 Å². The van der Waals surface area contributed by atoms with Crippen LogP contribution in [0.15, 0.2) is 15.2 Å². The van der Waals surface area contributed by atoms with Gasteiger partial charge in [0, 0.05) is 19.0 Å². The third-order valence-corrected chi connectivity index (χ3v) is 3.40. The Labute approximate surface area is 102 Å². The number of amides is 1. The van der Waals surface area contributed by atoms with Crippen LogP contribution in [0.1, 0.15) is 17.3 Å². The summed E-state index contributed by atoms with van der Waals surface area (Å²) in [6.07, 6.45) is 0. The molecule has 0 spiro atoms. The van der Waals surface area contributed by atoms with E-state index in [0.29, 0.717) is 24.6 Å². The highest BCUT2D eigenvalue weighted by Gasteiger charge is 2.09. The van der Waals surface area contributed by atoms with E-state index in [1.54, 1.807) is 7.11 Å². The van der Waals surface area contributed by atoms with Crippen molar-refractivity contribution in [2.24, 2.45) is 5.92 Å². The van der Waals surface area contributed by atoms with Gasteiger partial charge in [0.1, 0.15) is 0 Å². The molecule has 1 aromatic heterocycles. The lowest BCUT2D eigenvalue weighted by molar-refractivity contribution is 0.0934. The molecule has 15 heavy (non-hydrogen) atoms. The van der Waals surface area contributed by atoms with Gasteiger partial charge in [-0.3, -0.25) is 4.79 Å². The monoisotopic (exact) mass is 291 g/mol. The van der Waals surface area contributed by atoms with Gasteiger partial charge in [0.25, 0.3) is 5.91 Å². The van der Waals surface area contributed by atoms with Gasteiger partial charge in [-0.2, -0.15) is 0 Å². The maximum atomic E-state index is 11.6. The van der Waals surface area contributed by atoms with Crippen molar-refractivity contribution in [3.8, 4) is 0 Å². The number of rotatable bonds is 5. The molecule has 0 fully saturated rings. The summed E-state index contributed by atoms with van der Waals surface area (Å²) in [6, 6.07) is 1.82. The second kappa shape index (κ2) is 6.25. The maximum Gasteiger partial charge on any atom is 0.252 e. The Morgan fingerprint density at radius 3 is 3.00 bits per heavy atom. The summed E-state index contributed by atoms with van der Waals surface area (Å²) < 4.78 is 5.96. The third-order valence-electron chi connectivity index (χ3n) is 1.89. The molecule has 84 valence electrons. The summed E-state index contributed by atoms with van der Waals surface area (Å²) in [5, 5.41) is 4.70. The van der Waals surface area contributed by atoms with E-state index in [2.05, 4.69) is 21.2 Å². The van der Waals surface area contributed by atoms with E-state index < -0.39 is 0 Å². The van der Waals surface area contributed by atoms with Crippen molar-refractivity contribution in [1.29, 1.82) is 0 Å². The molecule has 0 bridgehead atoms. The number of nitrogens with one attached hydrogen (secondary N) is 1. The zero-order valence-electron chi connectivity index (χ0n) is 8.75. The van der Waals surface area contributed by atoms with E-state index in [1.165, 1.54) is 11.3 Å². The summed E-state index contributed by atoms with van der Waals surface area (Å²) >= 11 is 4.83. The smallest absolute Gasteiger partial charge is 0.252 e. The average Bonchev–Trinajstić information content (AvgIpc) is 2.62. The molecular formula is C10H14BrNO2S. The van der Waals surface area contributed by atoms with Gasteiger partial charge in [0.05, 0.1) is 16.0 Å². The summed E-state index contributed by atoms with van der Waals surface area (Å²) in [6.45, 7) is 3.33. The number of halogens is 1. The minimum absolute atomic E-state index is 0.0279. The lowest BCUT2D eigenvalue weighted by Crippen LogP contribution is -2.29. The number of methoxy groups -OCH3 is 1. The van der Waals surface area contributed by atoms with Gasteiger partial charge in [-0.05, 0) is 27.9 Å². The number of carbonyl (C=O) groups excluding carboxylic acids is 1. The number of hydrogen-bond acceptors (Lipinski definition) is 3. The molecule has 1 amide bonds. The largest absolute Gasteiger partial charge is 0.384 e. The minimum atomic E-state index is -0.0279. The molecule has 3 nitrogen and oxygen atoms in total. The van der Waals surface area contributed by atoms with Gasteiger partial charge in [-0.15, -0.1) is 11.3 Å².